The van der Waals surface area contributed by atoms with E-state index in [1.807, 2.05) is 6.07 Å². The zero-order valence-corrected chi connectivity index (χ0v) is 12.7. The average molecular weight is 298 g/mol. The minimum Gasteiger partial charge on any atom is -0.382 e. The summed E-state index contributed by atoms with van der Waals surface area (Å²) in [6.45, 7) is 4.48. The first-order valence-electron chi connectivity index (χ1n) is 6.83. The average Bonchev–Trinajstić information content (AvgIpc) is 2.39. The van der Waals surface area contributed by atoms with Crippen LogP contribution < -0.4 is 10.6 Å². The predicted molar refractivity (Wildman–Crippen MR) is 79.9 cm³/mol. The Morgan fingerprint density at radius 2 is 2.30 bits per heavy atom. The first kappa shape index (κ1) is 15.3. The fraction of sp³-hybridized carbons (Fsp3) is 0.571. The van der Waals surface area contributed by atoms with Crippen molar-refractivity contribution < 1.29 is 13.2 Å². The van der Waals surface area contributed by atoms with E-state index < -0.39 is 9.84 Å². The standard InChI is InChI=1S/C14H22N2O3S/c1-11(8-13-10-19-7-6-15-13)16-12-4-3-5-14(9-12)20(2,17)18/h3-5,9,11,13,15-16H,6-8,10H2,1-2H3. The molecule has 1 aromatic carbocycles. The predicted octanol–water partition coefficient (Wildman–Crippen LogP) is 1.27. The number of benzene rings is 1. The van der Waals surface area contributed by atoms with Crippen molar-refractivity contribution in [3.8, 4) is 0 Å². The van der Waals surface area contributed by atoms with Gasteiger partial charge >= 0.3 is 0 Å². The summed E-state index contributed by atoms with van der Waals surface area (Å²) in [5.41, 5.74) is 0.831. The van der Waals surface area contributed by atoms with Crippen LogP contribution in [0.2, 0.25) is 0 Å². The van der Waals surface area contributed by atoms with Gasteiger partial charge in [-0.25, -0.2) is 8.42 Å². The molecule has 1 fully saturated rings. The molecular formula is C14H22N2O3S. The molecule has 112 valence electrons. The lowest BCUT2D eigenvalue weighted by molar-refractivity contribution is 0.0731. The number of hydrogen-bond acceptors (Lipinski definition) is 5. The van der Waals surface area contributed by atoms with Gasteiger partial charge in [-0.2, -0.15) is 0 Å². The Morgan fingerprint density at radius 3 is 2.95 bits per heavy atom. The van der Waals surface area contributed by atoms with Gasteiger partial charge in [-0.05, 0) is 31.5 Å². The third-order valence-electron chi connectivity index (χ3n) is 3.31. The van der Waals surface area contributed by atoms with E-state index in [9.17, 15) is 8.42 Å². The van der Waals surface area contributed by atoms with E-state index in [0.717, 1.165) is 31.9 Å². The van der Waals surface area contributed by atoms with Crippen molar-refractivity contribution in [2.45, 2.75) is 30.3 Å². The van der Waals surface area contributed by atoms with Gasteiger partial charge in [0.15, 0.2) is 9.84 Å². The van der Waals surface area contributed by atoms with E-state index in [0.29, 0.717) is 10.9 Å². The Bertz CT molecular complexity index is 539. The number of nitrogens with one attached hydrogen (secondary N) is 2. The van der Waals surface area contributed by atoms with Crippen LogP contribution in [0.5, 0.6) is 0 Å². The van der Waals surface area contributed by atoms with Crippen LogP contribution in [0.4, 0.5) is 5.69 Å². The maximum atomic E-state index is 11.5. The molecule has 1 aliphatic rings. The van der Waals surface area contributed by atoms with Gasteiger partial charge in [0.1, 0.15) is 0 Å². The lowest BCUT2D eigenvalue weighted by Gasteiger charge is -2.27. The van der Waals surface area contributed by atoms with Crippen LogP contribution >= 0.6 is 0 Å². The molecule has 2 unspecified atom stereocenters. The third kappa shape index (κ3) is 4.47. The molecule has 0 aromatic heterocycles. The van der Waals surface area contributed by atoms with Crippen molar-refractivity contribution in [2.24, 2.45) is 0 Å². The van der Waals surface area contributed by atoms with Gasteiger partial charge in [-0.1, -0.05) is 6.07 Å². The van der Waals surface area contributed by atoms with Crippen molar-refractivity contribution in [1.82, 2.24) is 5.32 Å². The summed E-state index contributed by atoms with van der Waals surface area (Å²) in [4.78, 5) is 0.342. The summed E-state index contributed by atoms with van der Waals surface area (Å²) >= 11 is 0. The third-order valence-corrected chi connectivity index (χ3v) is 4.42. The van der Waals surface area contributed by atoms with Crippen LogP contribution in [-0.2, 0) is 14.6 Å². The van der Waals surface area contributed by atoms with Crippen LogP contribution in [0.1, 0.15) is 13.3 Å². The molecular weight excluding hydrogens is 276 g/mol. The summed E-state index contributed by atoms with van der Waals surface area (Å²) in [7, 11) is -3.16. The molecule has 0 bridgehead atoms. The Morgan fingerprint density at radius 1 is 1.50 bits per heavy atom. The second-order valence-electron chi connectivity index (χ2n) is 5.31. The van der Waals surface area contributed by atoms with Crippen molar-refractivity contribution >= 4 is 15.5 Å². The molecule has 0 amide bonds. The molecule has 1 aromatic rings. The number of rotatable bonds is 5. The molecule has 0 aliphatic carbocycles. The Balaban J connectivity index is 1.95. The highest BCUT2D eigenvalue weighted by molar-refractivity contribution is 7.90. The summed E-state index contributed by atoms with van der Waals surface area (Å²) in [6.07, 6.45) is 2.15. The minimum atomic E-state index is -3.16. The van der Waals surface area contributed by atoms with Gasteiger partial charge in [-0.3, -0.25) is 0 Å². The molecule has 1 heterocycles. The maximum Gasteiger partial charge on any atom is 0.175 e. The van der Waals surface area contributed by atoms with Gasteiger partial charge in [0.2, 0.25) is 0 Å². The van der Waals surface area contributed by atoms with Gasteiger partial charge < -0.3 is 15.4 Å². The van der Waals surface area contributed by atoms with E-state index >= 15 is 0 Å². The first-order chi connectivity index (χ1) is 9.45. The molecule has 1 saturated heterocycles. The van der Waals surface area contributed by atoms with Crippen LogP contribution in [0.3, 0.4) is 0 Å². The normalized spacial score (nSPS) is 21.4. The smallest absolute Gasteiger partial charge is 0.175 e. The van der Waals surface area contributed by atoms with E-state index in [4.69, 9.17) is 4.74 Å². The Labute approximate surface area is 120 Å². The zero-order valence-electron chi connectivity index (χ0n) is 11.9. The number of hydrogen-bond donors (Lipinski definition) is 2. The van der Waals surface area contributed by atoms with Gasteiger partial charge in [0, 0.05) is 30.6 Å². The maximum absolute atomic E-state index is 11.5. The molecule has 6 heteroatoms. The van der Waals surface area contributed by atoms with Crippen LogP contribution in [0.15, 0.2) is 29.2 Å². The number of anilines is 1. The monoisotopic (exact) mass is 298 g/mol. The molecule has 5 nitrogen and oxygen atoms in total. The van der Waals surface area contributed by atoms with Crippen molar-refractivity contribution in [2.75, 3.05) is 31.3 Å². The quantitative estimate of drug-likeness (QED) is 0.857. The van der Waals surface area contributed by atoms with E-state index in [-0.39, 0.29) is 6.04 Å². The molecule has 2 rings (SSSR count). The topological polar surface area (TPSA) is 67.4 Å². The molecule has 20 heavy (non-hydrogen) atoms. The molecule has 2 atom stereocenters. The highest BCUT2D eigenvalue weighted by atomic mass is 32.2. The van der Waals surface area contributed by atoms with E-state index in [1.165, 1.54) is 6.26 Å². The Hall–Kier alpha value is -1.11. The SMILES string of the molecule is CC(CC1COCCN1)Nc1cccc(S(C)(=O)=O)c1. The van der Waals surface area contributed by atoms with Gasteiger partial charge in [0.25, 0.3) is 0 Å². The van der Waals surface area contributed by atoms with Crippen molar-refractivity contribution in [1.29, 1.82) is 0 Å². The highest BCUT2D eigenvalue weighted by Crippen LogP contribution is 2.17. The fourth-order valence-corrected chi connectivity index (χ4v) is 3.02. The van der Waals surface area contributed by atoms with E-state index in [2.05, 4.69) is 17.6 Å². The fourth-order valence-electron chi connectivity index (χ4n) is 2.36. The first-order valence-corrected chi connectivity index (χ1v) is 8.72. The summed E-state index contributed by atoms with van der Waals surface area (Å²) < 4.78 is 28.5. The lowest BCUT2D eigenvalue weighted by atomic mass is 10.1. The summed E-state index contributed by atoms with van der Waals surface area (Å²) in [5.74, 6) is 0. The zero-order chi connectivity index (χ0) is 14.6. The number of morpholine rings is 1. The minimum absolute atomic E-state index is 0.240. The van der Waals surface area contributed by atoms with Crippen molar-refractivity contribution in [3.63, 3.8) is 0 Å². The largest absolute Gasteiger partial charge is 0.382 e. The number of ether oxygens (including phenoxy) is 1. The molecule has 1 aliphatic heterocycles. The van der Waals surface area contributed by atoms with Crippen molar-refractivity contribution in [3.05, 3.63) is 24.3 Å². The van der Waals surface area contributed by atoms with Crippen LogP contribution in [0.25, 0.3) is 0 Å². The van der Waals surface area contributed by atoms with Crippen LogP contribution in [0, 0.1) is 0 Å². The molecule has 0 saturated carbocycles. The summed E-state index contributed by atoms with van der Waals surface area (Å²) in [5, 5.41) is 6.75. The number of sulfone groups is 1. The second-order valence-corrected chi connectivity index (χ2v) is 7.32. The van der Waals surface area contributed by atoms with Gasteiger partial charge in [0.05, 0.1) is 18.1 Å². The Kier molecular flexibility index (Phi) is 5.01. The molecule has 0 radical (unpaired) electrons. The molecule has 0 spiro atoms. The van der Waals surface area contributed by atoms with Crippen LogP contribution in [-0.4, -0.2) is 46.5 Å². The summed E-state index contributed by atoms with van der Waals surface area (Å²) in [6, 6.07) is 7.52. The van der Waals surface area contributed by atoms with Gasteiger partial charge in [-0.15, -0.1) is 0 Å². The lowest BCUT2D eigenvalue weighted by Crippen LogP contribution is -2.43. The van der Waals surface area contributed by atoms with E-state index in [1.54, 1.807) is 18.2 Å². The molecule has 2 N–H and O–H groups in total. The highest BCUT2D eigenvalue weighted by Gasteiger charge is 2.16. The second kappa shape index (κ2) is 6.56.